The number of nitrogens with one attached hydrogen (secondary N) is 1. The second-order valence-corrected chi connectivity index (χ2v) is 7.23. The minimum Gasteiger partial charge on any atom is -0.423 e. The third-order valence-corrected chi connectivity index (χ3v) is 4.88. The summed E-state index contributed by atoms with van der Waals surface area (Å²) in [5.74, 6) is 1.37. The van der Waals surface area contributed by atoms with Gasteiger partial charge in [0.1, 0.15) is 24.0 Å². The molecule has 0 radical (unpaired) electrons. The molecule has 1 aromatic heterocycles. The predicted octanol–water partition coefficient (Wildman–Crippen LogP) is 1.81. The molecule has 0 bridgehead atoms. The highest BCUT2D eigenvalue weighted by atomic mass is 16.6. The first-order chi connectivity index (χ1) is 12.7. The van der Waals surface area contributed by atoms with Crippen LogP contribution in [-0.2, 0) is 9.47 Å². The van der Waals surface area contributed by atoms with Gasteiger partial charge in [-0.05, 0) is 41.4 Å². The SMILES string of the molecule is CC(C)CCN[C@@H]1CO[C@@H]2[C@@H]1OC[C@@H]2n1nnnc1Oc1ccccc1. The van der Waals surface area contributed by atoms with Crippen LogP contribution in [0.3, 0.4) is 0 Å². The Hall–Kier alpha value is -2.03. The standard InChI is InChI=1S/C18H25N5O3/c1-12(2)8-9-19-14-10-24-17-15(11-25-16(14)17)23-18(20-21-22-23)26-13-6-4-3-5-7-13/h3-7,12,14-17,19H,8-11H2,1-2H3/t14-,15+,16-,17+/m1/s1. The van der Waals surface area contributed by atoms with E-state index >= 15 is 0 Å². The van der Waals surface area contributed by atoms with Gasteiger partial charge in [-0.2, -0.15) is 4.68 Å². The monoisotopic (exact) mass is 359 g/mol. The van der Waals surface area contributed by atoms with Crippen LogP contribution in [-0.4, -0.2) is 58.2 Å². The van der Waals surface area contributed by atoms with Gasteiger partial charge in [-0.1, -0.05) is 37.1 Å². The Labute approximate surface area is 152 Å². The topological polar surface area (TPSA) is 83.3 Å². The van der Waals surface area contributed by atoms with Crippen LogP contribution in [0.5, 0.6) is 11.8 Å². The van der Waals surface area contributed by atoms with Crippen molar-refractivity contribution in [3.63, 3.8) is 0 Å². The van der Waals surface area contributed by atoms with Gasteiger partial charge in [0.15, 0.2) is 0 Å². The van der Waals surface area contributed by atoms with E-state index in [4.69, 9.17) is 14.2 Å². The highest BCUT2D eigenvalue weighted by molar-refractivity contribution is 5.24. The minimum atomic E-state index is -0.0920. The molecule has 2 fully saturated rings. The van der Waals surface area contributed by atoms with Gasteiger partial charge in [0.2, 0.25) is 0 Å². The van der Waals surface area contributed by atoms with Gasteiger partial charge >= 0.3 is 6.01 Å². The maximum Gasteiger partial charge on any atom is 0.341 e. The van der Waals surface area contributed by atoms with Crippen molar-refractivity contribution in [2.24, 2.45) is 5.92 Å². The molecule has 2 saturated heterocycles. The lowest BCUT2D eigenvalue weighted by Gasteiger charge is -2.18. The molecule has 8 nitrogen and oxygen atoms in total. The summed E-state index contributed by atoms with van der Waals surface area (Å²) in [4.78, 5) is 0. The second kappa shape index (κ2) is 7.69. The molecule has 8 heteroatoms. The molecule has 1 N–H and O–H groups in total. The van der Waals surface area contributed by atoms with E-state index < -0.39 is 0 Å². The number of rotatable bonds is 7. The number of nitrogens with zero attached hydrogens (tertiary/aromatic N) is 4. The maximum atomic E-state index is 6.03. The molecule has 2 aliphatic heterocycles. The molecular weight excluding hydrogens is 334 g/mol. The van der Waals surface area contributed by atoms with Crippen molar-refractivity contribution in [1.29, 1.82) is 0 Å². The molecule has 0 spiro atoms. The Morgan fingerprint density at radius 1 is 1.19 bits per heavy atom. The van der Waals surface area contributed by atoms with E-state index in [0.717, 1.165) is 13.0 Å². The zero-order valence-corrected chi connectivity index (χ0v) is 15.1. The zero-order chi connectivity index (χ0) is 17.9. The van der Waals surface area contributed by atoms with Crippen LogP contribution >= 0.6 is 0 Å². The summed E-state index contributed by atoms with van der Waals surface area (Å²) in [6, 6.07) is 9.96. The molecule has 0 unspecified atom stereocenters. The fourth-order valence-electron chi connectivity index (χ4n) is 3.48. The summed E-state index contributed by atoms with van der Waals surface area (Å²) in [6.07, 6.45) is 1.08. The lowest BCUT2D eigenvalue weighted by atomic mass is 10.1. The molecule has 2 aliphatic rings. The highest BCUT2D eigenvalue weighted by Gasteiger charge is 2.49. The van der Waals surface area contributed by atoms with E-state index in [1.165, 1.54) is 0 Å². The van der Waals surface area contributed by atoms with E-state index in [0.29, 0.717) is 30.9 Å². The number of para-hydroxylation sites is 1. The molecule has 0 amide bonds. The molecule has 3 heterocycles. The van der Waals surface area contributed by atoms with E-state index in [1.54, 1.807) is 4.68 Å². The largest absolute Gasteiger partial charge is 0.423 e. The van der Waals surface area contributed by atoms with E-state index in [9.17, 15) is 0 Å². The molecular formula is C18H25N5O3. The van der Waals surface area contributed by atoms with Crippen LogP contribution in [0, 0.1) is 5.92 Å². The Morgan fingerprint density at radius 2 is 2.00 bits per heavy atom. The van der Waals surface area contributed by atoms with E-state index in [-0.39, 0.29) is 24.3 Å². The van der Waals surface area contributed by atoms with Gasteiger partial charge in [0.25, 0.3) is 0 Å². The molecule has 2 aromatic rings. The number of hydrogen-bond donors (Lipinski definition) is 1. The van der Waals surface area contributed by atoms with Gasteiger partial charge in [-0.3, -0.25) is 0 Å². The number of hydrogen-bond acceptors (Lipinski definition) is 7. The summed E-state index contributed by atoms with van der Waals surface area (Å²) in [5, 5.41) is 15.5. The molecule has 1 aromatic carbocycles. The van der Waals surface area contributed by atoms with Crippen LogP contribution in [0.1, 0.15) is 26.3 Å². The average molecular weight is 359 g/mol. The smallest absolute Gasteiger partial charge is 0.341 e. The number of benzene rings is 1. The molecule has 4 atom stereocenters. The molecule has 0 saturated carbocycles. The van der Waals surface area contributed by atoms with Crippen molar-refractivity contribution in [2.45, 2.75) is 44.6 Å². The van der Waals surface area contributed by atoms with Crippen molar-refractivity contribution in [3.05, 3.63) is 30.3 Å². The number of tetrazole rings is 1. The molecule has 4 rings (SSSR count). The Kier molecular flexibility index (Phi) is 5.14. The van der Waals surface area contributed by atoms with Gasteiger partial charge in [0.05, 0.1) is 19.3 Å². The maximum absolute atomic E-state index is 6.03. The normalized spacial score (nSPS) is 27.8. The van der Waals surface area contributed by atoms with Gasteiger partial charge in [-0.15, -0.1) is 0 Å². The third-order valence-electron chi connectivity index (χ3n) is 4.88. The summed E-state index contributed by atoms with van der Waals surface area (Å²) >= 11 is 0. The van der Waals surface area contributed by atoms with Gasteiger partial charge in [0, 0.05) is 0 Å². The molecule has 0 aliphatic carbocycles. The van der Waals surface area contributed by atoms with Crippen LogP contribution in [0.25, 0.3) is 0 Å². The first-order valence-corrected chi connectivity index (χ1v) is 9.19. The minimum absolute atomic E-state index is 0.0148. The first-order valence-electron chi connectivity index (χ1n) is 9.19. The van der Waals surface area contributed by atoms with Crippen LogP contribution in [0.2, 0.25) is 0 Å². The summed E-state index contributed by atoms with van der Waals surface area (Å²) in [5.41, 5.74) is 0. The van der Waals surface area contributed by atoms with Gasteiger partial charge < -0.3 is 19.5 Å². The van der Waals surface area contributed by atoms with Crippen molar-refractivity contribution in [1.82, 2.24) is 25.5 Å². The van der Waals surface area contributed by atoms with Crippen LogP contribution < -0.4 is 10.1 Å². The van der Waals surface area contributed by atoms with Crippen molar-refractivity contribution in [2.75, 3.05) is 19.8 Å². The fraction of sp³-hybridized carbons (Fsp3) is 0.611. The lowest BCUT2D eigenvalue weighted by Crippen LogP contribution is -2.41. The molecule has 26 heavy (non-hydrogen) atoms. The van der Waals surface area contributed by atoms with Crippen LogP contribution in [0.4, 0.5) is 0 Å². The molecule has 140 valence electrons. The number of ether oxygens (including phenoxy) is 3. The summed E-state index contributed by atoms with van der Waals surface area (Å²) < 4.78 is 19.6. The average Bonchev–Trinajstić information content (AvgIpc) is 3.33. The summed E-state index contributed by atoms with van der Waals surface area (Å²) in [7, 11) is 0. The Balaban J connectivity index is 1.42. The fourth-order valence-corrected chi connectivity index (χ4v) is 3.48. The van der Waals surface area contributed by atoms with Gasteiger partial charge in [-0.25, -0.2) is 0 Å². The van der Waals surface area contributed by atoms with Crippen molar-refractivity contribution < 1.29 is 14.2 Å². The second-order valence-electron chi connectivity index (χ2n) is 7.23. The van der Waals surface area contributed by atoms with Crippen LogP contribution in [0.15, 0.2) is 30.3 Å². The summed E-state index contributed by atoms with van der Waals surface area (Å²) in [6.45, 7) is 6.57. The quantitative estimate of drug-likeness (QED) is 0.807. The van der Waals surface area contributed by atoms with Crippen molar-refractivity contribution >= 4 is 0 Å². The third kappa shape index (κ3) is 3.58. The highest BCUT2D eigenvalue weighted by Crippen LogP contribution is 2.35. The number of fused-ring (bicyclic) bond motifs is 1. The lowest BCUT2D eigenvalue weighted by molar-refractivity contribution is 0.0611. The number of aromatic nitrogens is 4. The van der Waals surface area contributed by atoms with Crippen molar-refractivity contribution in [3.8, 4) is 11.8 Å². The predicted molar refractivity (Wildman–Crippen MR) is 94.1 cm³/mol. The Bertz CT molecular complexity index is 708. The van der Waals surface area contributed by atoms with E-state index in [1.807, 2.05) is 30.3 Å². The Morgan fingerprint density at radius 3 is 2.81 bits per heavy atom. The van der Waals surface area contributed by atoms with E-state index in [2.05, 4.69) is 34.7 Å². The first kappa shape index (κ1) is 17.4. The zero-order valence-electron chi connectivity index (χ0n) is 15.1.